The van der Waals surface area contributed by atoms with E-state index in [2.05, 4.69) is 50.9 Å². The maximum absolute atomic E-state index is 4.84. The zero-order chi connectivity index (χ0) is 17.6. The lowest BCUT2D eigenvalue weighted by atomic mass is 9.93. The lowest BCUT2D eigenvalue weighted by molar-refractivity contribution is 0.189. The summed E-state index contributed by atoms with van der Waals surface area (Å²) in [6.45, 7) is 9.94. The molecule has 7 heteroatoms. The first-order valence-electron chi connectivity index (χ1n) is 9.09. The minimum absolute atomic E-state index is 0. The molecule has 0 saturated carbocycles. The molecule has 1 fully saturated rings. The molecule has 1 saturated heterocycles. The Morgan fingerprint density at radius 1 is 1.38 bits per heavy atom. The van der Waals surface area contributed by atoms with Crippen LogP contribution in [0, 0.1) is 12.8 Å². The number of aryl methyl sites for hydroxylation is 1. The molecule has 2 aromatic rings. The molecular formula is C19H29IN6. The largest absolute Gasteiger partial charge is 0.357 e. The summed E-state index contributed by atoms with van der Waals surface area (Å²) in [7, 11) is 0. The summed E-state index contributed by atoms with van der Waals surface area (Å²) in [5.41, 5.74) is 2.17. The predicted octanol–water partition coefficient (Wildman–Crippen LogP) is 3.25. The van der Waals surface area contributed by atoms with Crippen molar-refractivity contribution in [3.63, 3.8) is 0 Å². The van der Waals surface area contributed by atoms with Crippen LogP contribution in [0.2, 0.25) is 0 Å². The van der Waals surface area contributed by atoms with Gasteiger partial charge in [-0.1, -0.05) is 13.0 Å². The van der Waals surface area contributed by atoms with Gasteiger partial charge in [0.15, 0.2) is 5.96 Å². The number of aromatic nitrogens is 3. The third kappa shape index (κ3) is 5.18. The molecular weight excluding hydrogens is 439 g/mol. The average molecular weight is 468 g/mol. The van der Waals surface area contributed by atoms with Crippen LogP contribution in [0.25, 0.3) is 0 Å². The normalized spacial score (nSPS) is 20.6. The van der Waals surface area contributed by atoms with Gasteiger partial charge < -0.3 is 14.8 Å². The first kappa shape index (κ1) is 20.7. The lowest BCUT2D eigenvalue weighted by Crippen LogP contribution is -2.49. The van der Waals surface area contributed by atoms with Gasteiger partial charge in [-0.3, -0.25) is 4.98 Å². The summed E-state index contributed by atoms with van der Waals surface area (Å²) >= 11 is 0. The average Bonchev–Trinajstić information content (AvgIpc) is 3.15. The van der Waals surface area contributed by atoms with Gasteiger partial charge in [-0.05, 0) is 37.8 Å². The quantitative estimate of drug-likeness (QED) is 0.425. The highest BCUT2D eigenvalue weighted by molar-refractivity contribution is 14.0. The number of likely N-dealkylation sites (tertiary alicyclic amines) is 1. The van der Waals surface area contributed by atoms with Crippen molar-refractivity contribution < 1.29 is 0 Å². The van der Waals surface area contributed by atoms with E-state index in [0.29, 0.717) is 18.5 Å². The summed E-state index contributed by atoms with van der Waals surface area (Å²) in [5.74, 6) is 1.62. The monoisotopic (exact) mass is 468 g/mol. The van der Waals surface area contributed by atoms with Crippen LogP contribution in [0.5, 0.6) is 0 Å². The maximum Gasteiger partial charge on any atom is 0.194 e. The van der Waals surface area contributed by atoms with Crippen LogP contribution in [0.4, 0.5) is 0 Å². The van der Waals surface area contributed by atoms with Crippen molar-refractivity contribution in [2.45, 2.75) is 39.8 Å². The Bertz CT molecular complexity index is 683. The van der Waals surface area contributed by atoms with E-state index in [1.165, 1.54) is 0 Å². The molecule has 26 heavy (non-hydrogen) atoms. The van der Waals surface area contributed by atoms with Gasteiger partial charge in [-0.15, -0.1) is 24.0 Å². The maximum atomic E-state index is 4.84. The SMILES string of the molecule is CCNC(=NCc1ccc(C)nc1)N1CCC(C)C(n2ccnc2)C1.I. The number of nitrogens with one attached hydrogen (secondary N) is 1. The number of guanidine groups is 1. The van der Waals surface area contributed by atoms with E-state index in [-0.39, 0.29) is 24.0 Å². The van der Waals surface area contributed by atoms with Crippen molar-refractivity contribution >= 4 is 29.9 Å². The van der Waals surface area contributed by atoms with Crippen molar-refractivity contribution in [2.24, 2.45) is 10.9 Å². The van der Waals surface area contributed by atoms with Gasteiger partial charge in [0.05, 0.1) is 18.9 Å². The lowest BCUT2D eigenvalue weighted by Gasteiger charge is -2.39. The minimum atomic E-state index is 0. The van der Waals surface area contributed by atoms with Crippen molar-refractivity contribution in [2.75, 3.05) is 19.6 Å². The molecule has 0 aliphatic carbocycles. The van der Waals surface area contributed by atoms with E-state index in [9.17, 15) is 0 Å². The van der Waals surface area contributed by atoms with Crippen LogP contribution in [-0.2, 0) is 6.54 Å². The second-order valence-corrected chi connectivity index (χ2v) is 6.77. The number of rotatable bonds is 4. The Labute approximate surface area is 173 Å². The zero-order valence-electron chi connectivity index (χ0n) is 15.8. The predicted molar refractivity (Wildman–Crippen MR) is 116 cm³/mol. The van der Waals surface area contributed by atoms with Crippen molar-refractivity contribution in [3.05, 3.63) is 48.3 Å². The van der Waals surface area contributed by atoms with Gasteiger partial charge in [0.1, 0.15) is 0 Å². The van der Waals surface area contributed by atoms with Crippen LogP contribution in [0.1, 0.15) is 37.6 Å². The molecule has 3 heterocycles. The number of halogens is 1. The van der Waals surface area contributed by atoms with E-state index in [4.69, 9.17) is 4.99 Å². The summed E-state index contributed by atoms with van der Waals surface area (Å²) in [4.78, 5) is 15.8. The molecule has 0 aromatic carbocycles. The Hall–Kier alpha value is -1.64. The smallest absolute Gasteiger partial charge is 0.194 e. The van der Waals surface area contributed by atoms with Gasteiger partial charge in [-0.2, -0.15) is 0 Å². The highest BCUT2D eigenvalue weighted by Crippen LogP contribution is 2.27. The summed E-state index contributed by atoms with van der Waals surface area (Å²) in [5, 5.41) is 3.45. The third-order valence-electron chi connectivity index (χ3n) is 4.84. The fraction of sp³-hybridized carbons (Fsp3) is 0.526. The number of hydrogen-bond donors (Lipinski definition) is 1. The molecule has 2 atom stereocenters. The fourth-order valence-corrected chi connectivity index (χ4v) is 3.28. The van der Waals surface area contributed by atoms with E-state index in [1.54, 1.807) is 0 Å². The van der Waals surface area contributed by atoms with Crippen LogP contribution >= 0.6 is 24.0 Å². The molecule has 2 unspecified atom stereocenters. The topological polar surface area (TPSA) is 58.3 Å². The highest BCUT2D eigenvalue weighted by atomic mass is 127. The second kappa shape index (κ2) is 9.89. The van der Waals surface area contributed by atoms with Gasteiger partial charge in [0.2, 0.25) is 0 Å². The molecule has 1 aliphatic rings. The Kier molecular flexibility index (Phi) is 7.86. The molecule has 142 valence electrons. The van der Waals surface area contributed by atoms with Gasteiger partial charge in [-0.25, -0.2) is 9.98 Å². The van der Waals surface area contributed by atoms with Gasteiger partial charge in [0.25, 0.3) is 0 Å². The summed E-state index contributed by atoms with van der Waals surface area (Å²) in [6, 6.07) is 4.57. The first-order chi connectivity index (χ1) is 12.2. The van der Waals surface area contributed by atoms with E-state index in [1.807, 2.05) is 31.7 Å². The molecule has 6 nitrogen and oxygen atoms in total. The number of hydrogen-bond acceptors (Lipinski definition) is 3. The van der Waals surface area contributed by atoms with Gasteiger partial charge >= 0.3 is 0 Å². The second-order valence-electron chi connectivity index (χ2n) is 6.77. The Morgan fingerprint density at radius 3 is 2.88 bits per heavy atom. The molecule has 2 aromatic heterocycles. The fourth-order valence-electron chi connectivity index (χ4n) is 3.28. The van der Waals surface area contributed by atoms with Crippen LogP contribution in [0.15, 0.2) is 42.0 Å². The van der Waals surface area contributed by atoms with Crippen molar-refractivity contribution in [1.29, 1.82) is 0 Å². The van der Waals surface area contributed by atoms with Crippen LogP contribution < -0.4 is 5.32 Å². The first-order valence-corrected chi connectivity index (χ1v) is 9.09. The summed E-state index contributed by atoms with van der Waals surface area (Å²) in [6.07, 6.45) is 8.91. The molecule has 3 rings (SSSR count). The molecule has 1 N–H and O–H groups in total. The standard InChI is InChI=1S/C19H28N6.HI/c1-4-21-19(23-12-17-6-5-16(3)22-11-17)24-9-7-15(2)18(13-24)25-10-8-20-14-25;/h5-6,8,10-11,14-15,18H,4,7,9,12-13H2,1-3H3,(H,21,23);1H. The summed E-state index contributed by atoms with van der Waals surface area (Å²) < 4.78 is 2.23. The molecule has 0 bridgehead atoms. The van der Waals surface area contributed by atoms with Crippen molar-refractivity contribution in [3.8, 4) is 0 Å². The number of pyridine rings is 1. The van der Waals surface area contributed by atoms with Crippen LogP contribution in [-0.4, -0.2) is 45.0 Å². The number of nitrogens with zero attached hydrogens (tertiary/aromatic N) is 5. The van der Waals surface area contributed by atoms with E-state index < -0.39 is 0 Å². The molecule has 0 radical (unpaired) electrons. The Balaban J connectivity index is 0.00000243. The van der Waals surface area contributed by atoms with Gasteiger partial charge in [0, 0.05) is 43.9 Å². The van der Waals surface area contributed by atoms with Crippen molar-refractivity contribution in [1.82, 2.24) is 24.8 Å². The molecule has 0 spiro atoms. The molecule has 0 amide bonds. The zero-order valence-corrected chi connectivity index (χ0v) is 18.1. The van der Waals surface area contributed by atoms with Crippen LogP contribution in [0.3, 0.4) is 0 Å². The molecule has 1 aliphatic heterocycles. The number of aliphatic imine (C=N–C) groups is 1. The van der Waals surface area contributed by atoms with E-state index in [0.717, 1.165) is 43.3 Å². The van der Waals surface area contributed by atoms with E-state index >= 15 is 0 Å². The number of imidazole rings is 1. The Morgan fingerprint density at radius 2 is 2.23 bits per heavy atom. The third-order valence-corrected chi connectivity index (χ3v) is 4.84. The minimum Gasteiger partial charge on any atom is -0.357 e. The number of piperidine rings is 1. The highest BCUT2D eigenvalue weighted by Gasteiger charge is 2.28.